The summed E-state index contributed by atoms with van der Waals surface area (Å²) in [7, 11) is 0. The van der Waals surface area contributed by atoms with Gasteiger partial charge in [0.25, 0.3) is 0 Å². The molecule has 0 heterocycles. The first-order valence-electron chi connectivity index (χ1n) is 12.8. The van der Waals surface area contributed by atoms with E-state index in [2.05, 4.69) is 88.6 Å². The van der Waals surface area contributed by atoms with Crippen molar-refractivity contribution in [1.82, 2.24) is 0 Å². The van der Waals surface area contributed by atoms with Crippen molar-refractivity contribution in [3.05, 3.63) is 102 Å². The van der Waals surface area contributed by atoms with Crippen LogP contribution in [0.15, 0.2) is 79.4 Å². The highest BCUT2D eigenvalue weighted by atomic mass is 16.5. The van der Waals surface area contributed by atoms with Crippen LogP contribution in [0, 0.1) is 18.8 Å². The number of benzene rings is 4. The summed E-state index contributed by atoms with van der Waals surface area (Å²) in [5.74, 6) is 7.31. The lowest BCUT2D eigenvalue weighted by atomic mass is 9.83. The first kappa shape index (κ1) is 26.0. The average Bonchev–Trinajstić information content (AvgIpc) is 2.90. The lowest BCUT2D eigenvalue weighted by Gasteiger charge is -2.21. The van der Waals surface area contributed by atoms with Gasteiger partial charge in [-0.2, -0.15) is 0 Å². The van der Waals surface area contributed by atoms with Gasteiger partial charge < -0.3 is 9.47 Å². The van der Waals surface area contributed by atoms with E-state index in [-0.39, 0.29) is 11.4 Å². The smallest absolute Gasteiger partial charge is 0.330 e. The van der Waals surface area contributed by atoms with Crippen LogP contribution in [-0.4, -0.2) is 19.2 Å². The van der Waals surface area contributed by atoms with Gasteiger partial charge in [0, 0.05) is 17.2 Å². The molecule has 0 saturated heterocycles. The van der Waals surface area contributed by atoms with Crippen molar-refractivity contribution in [3.63, 3.8) is 0 Å². The number of fused-ring (bicyclic) bond motifs is 2. The standard InChI is InChI=1S/C34H34O3/c1-6-33(35)37-22-10-9-21-36-27-17-13-25(14-18-27)15-19-31-30-12-8-7-11-28(30)24(2)29-20-16-26(23-32(29)31)34(3,4)5/h6-8,11-14,16-18,20,23H,1,9-10,21-22H2,2-5H3. The predicted octanol–water partition coefficient (Wildman–Crippen LogP) is 7.89. The Morgan fingerprint density at radius 2 is 1.54 bits per heavy atom. The molecule has 0 aliphatic rings. The first-order chi connectivity index (χ1) is 17.8. The van der Waals surface area contributed by atoms with Gasteiger partial charge in [-0.1, -0.05) is 75.6 Å². The summed E-state index contributed by atoms with van der Waals surface area (Å²) in [4.78, 5) is 11.1. The van der Waals surface area contributed by atoms with Crippen LogP contribution in [0.3, 0.4) is 0 Å². The number of rotatable bonds is 7. The van der Waals surface area contributed by atoms with Gasteiger partial charge in [0.15, 0.2) is 0 Å². The Labute approximate surface area is 220 Å². The molecule has 0 radical (unpaired) electrons. The van der Waals surface area contributed by atoms with E-state index in [0.29, 0.717) is 13.2 Å². The largest absolute Gasteiger partial charge is 0.494 e. The predicted molar refractivity (Wildman–Crippen MR) is 153 cm³/mol. The van der Waals surface area contributed by atoms with Crippen molar-refractivity contribution < 1.29 is 14.3 Å². The third-order valence-electron chi connectivity index (χ3n) is 6.56. The minimum absolute atomic E-state index is 0.0598. The van der Waals surface area contributed by atoms with E-state index >= 15 is 0 Å². The summed E-state index contributed by atoms with van der Waals surface area (Å²) in [6, 6.07) is 23.2. The van der Waals surface area contributed by atoms with E-state index in [9.17, 15) is 4.79 Å². The van der Waals surface area contributed by atoms with Gasteiger partial charge in [0.1, 0.15) is 5.75 Å². The van der Waals surface area contributed by atoms with Crippen LogP contribution in [0.25, 0.3) is 21.5 Å². The van der Waals surface area contributed by atoms with E-state index in [0.717, 1.165) is 29.7 Å². The lowest BCUT2D eigenvalue weighted by molar-refractivity contribution is -0.137. The fraction of sp³-hybridized carbons (Fsp3) is 0.265. The van der Waals surface area contributed by atoms with Crippen LogP contribution in [0.4, 0.5) is 0 Å². The molecule has 0 spiro atoms. The summed E-state index contributed by atoms with van der Waals surface area (Å²) in [5.41, 5.74) is 4.66. The van der Waals surface area contributed by atoms with Crippen molar-refractivity contribution in [3.8, 4) is 17.6 Å². The van der Waals surface area contributed by atoms with Gasteiger partial charge in [-0.3, -0.25) is 0 Å². The molecular formula is C34H34O3. The maximum absolute atomic E-state index is 11.1. The lowest BCUT2D eigenvalue weighted by Crippen LogP contribution is -2.10. The molecule has 0 amide bonds. The Bertz CT molecular complexity index is 1490. The Hall–Kier alpha value is -4.03. The molecule has 188 valence electrons. The van der Waals surface area contributed by atoms with Gasteiger partial charge >= 0.3 is 5.97 Å². The molecule has 0 bridgehead atoms. The number of unbranched alkanes of at least 4 members (excludes halogenated alkanes) is 1. The van der Waals surface area contributed by atoms with E-state index in [1.807, 2.05) is 24.3 Å². The Kier molecular flexibility index (Phi) is 7.99. The summed E-state index contributed by atoms with van der Waals surface area (Å²) in [5, 5.41) is 4.88. The number of ether oxygens (including phenoxy) is 2. The molecule has 0 aliphatic heterocycles. The molecule has 0 saturated carbocycles. The number of hydrogen-bond donors (Lipinski definition) is 0. The van der Waals surface area contributed by atoms with E-state index in [1.54, 1.807) is 0 Å². The number of esters is 1. The van der Waals surface area contributed by atoms with Crippen molar-refractivity contribution in [2.24, 2.45) is 0 Å². The van der Waals surface area contributed by atoms with Gasteiger partial charge in [-0.05, 0) is 88.2 Å². The second-order valence-electron chi connectivity index (χ2n) is 10.3. The minimum atomic E-state index is -0.390. The van der Waals surface area contributed by atoms with Gasteiger partial charge in [0.05, 0.1) is 13.2 Å². The molecule has 4 rings (SSSR count). The maximum atomic E-state index is 11.1. The third-order valence-corrected chi connectivity index (χ3v) is 6.56. The van der Waals surface area contributed by atoms with Crippen molar-refractivity contribution in [2.75, 3.05) is 13.2 Å². The average molecular weight is 491 g/mol. The fourth-order valence-corrected chi connectivity index (χ4v) is 4.39. The highest BCUT2D eigenvalue weighted by Crippen LogP contribution is 2.35. The van der Waals surface area contributed by atoms with Crippen LogP contribution in [-0.2, 0) is 14.9 Å². The van der Waals surface area contributed by atoms with E-state index in [1.165, 1.54) is 38.7 Å². The first-order valence-corrected chi connectivity index (χ1v) is 12.8. The SMILES string of the molecule is C=CC(=O)OCCCCOc1ccc(C#Cc2c3ccccc3c(C)c3ccc(C(C)(C)C)cc23)cc1. The third kappa shape index (κ3) is 6.22. The normalized spacial score (nSPS) is 11.1. The number of aryl methyl sites for hydroxylation is 1. The van der Waals surface area contributed by atoms with Crippen LogP contribution in [0.5, 0.6) is 5.75 Å². The second kappa shape index (κ2) is 11.4. The monoisotopic (exact) mass is 490 g/mol. The van der Waals surface area contributed by atoms with Crippen molar-refractivity contribution >= 4 is 27.5 Å². The highest BCUT2D eigenvalue weighted by molar-refractivity contribution is 6.08. The zero-order chi connectivity index (χ0) is 26.4. The molecule has 0 N–H and O–H groups in total. The molecule has 37 heavy (non-hydrogen) atoms. The summed E-state index contributed by atoms with van der Waals surface area (Å²) >= 11 is 0. The molecular weight excluding hydrogens is 456 g/mol. The topological polar surface area (TPSA) is 35.5 Å². The second-order valence-corrected chi connectivity index (χ2v) is 10.3. The Morgan fingerprint density at radius 3 is 2.24 bits per heavy atom. The van der Waals surface area contributed by atoms with Crippen molar-refractivity contribution in [1.29, 1.82) is 0 Å². The van der Waals surface area contributed by atoms with Gasteiger partial charge in [-0.25, -0.2) is 4.79 Å². The molecule has 0 aliphatic carbocycles. The fourth-order valence-electron chi connectivity index (χ4n) is 4.39. The van der Waals surface area contributed by atoms with Crippen LogP contribution >= 0.6 is 0 Å². The minimum Gasteiger partial charge on any atom is -0.494 e. The van der Waals surface area contributed by atoms with Gasteiger partial charge in [0.2, 0.25) is 0 Å². The number of hydrogen-bond acceptors (Lipinski definition) is 3. The quantitative estimate of drug-likeness (QED) is 0.0869. The molecule has 3 heteroatoms. The molecule has 3 nitrogen and oxygen atoms in total. The zero-order valence-corrected chi connectivity index (χ0v) is 22.2. The highest BCUT2D eigenvalue weighted by Gasteiger charge is 2.17. The van der Waals surface area contributed by atoms with Crippen LogP contribution < -0.4 is 4.74 Å². The summed E-state index contributed by atoms with van der Waals surface area (Å²) in [6.07, 6.45) is 2.72. The molecule has 4 aromatic rings. The molecule has 0 atom stereocenters. The van der Waals surface area contributed by atoms with E-state index < -0.39 is 0 Å². The van der Waals surface area contributed by atoms with E-state index in [4.69, 9.17) is 9.47 Å². The Balaban J connectivity index is 1.57. The molecule has 0 unspecified atom stereocenters. The number of carbonyl (C=O) groups is 1. The number of carbonyl (C=O) groups excluding carboxylic acids is 1. The van der Waals surface area contributed by atoms with Crippen LogP contribution in [0.1, 0.15) is 55.9 Å². The Morgan fingerprint density at radius 1 is 0.865 bits per heavy atom. The zero-order valence-electron chi connectivity index (χ0n) is 22.2. The molecule has 4 aromatic carbocycles. The molecule has 0 aromatic heterocycles. The molecule has 0 fully saturated rings. The van der Waals surface area contributed by atoms with Crippen LogP contribution in [0.2, 0.25) is 0 Å². The summed E-state index contributed by atoms with van der Waals surface area (Å²) in [6.45, 7) is 13.3. The van der Waals surface area contributed by atoms with Gasteiger partial charge in [-0.15, -0.1) is 0 Å². The summed E-state index contributed by atoms with van der Waals surface area (Å²) < 4.78 is 10.8. The van der Waals surface area contributed by atoms with Crippen molar-refractivity contribution in [2.45, 2.75) is 46.0 Å². The maximum Gasteiger partial charge on any atom is 0.330 e.